The second kappa shape index (κ2) is 9.03. The zero-order valence-electron chi connectivity index (χ0n) is 19.5. The van der Waals surface area contributed by atoms with E-state index in [1.165, 1.54) is 0 Å². The van der Waals surface area contributed by atoms with Crippen LogP contribution in [0.2, 0.25) is 0 Å². The van der Waals surface area contributed by atoms with E-state index < -0.39 is 0 Å². The average molecular weight is 475 g/mol. The van der Waals surface area contributed by atoms with Gasteiger partial charge in [0.1, 0.15) is 0 Å². The fourth-order valence-electron chi connectivity index (χ4n) is 4.30. The van der Waals surface area contributed by atoms with Crippen LogP contribution in [0.3, 0.4) is 0 Å². The molecular weight excluding hydrogens is 452 g/mol. The normalized spacial score (nSPS) is 11.2. The first-order valence-corrected chi connectivity index (χ1v) is 11.7. The molecule has 9 heteroatoms. The maximum Gasteiger partial charge on any atom is 0.224 e. The molecule has 0 saturated carbocycles. The molecule has 9 nitrogen and oxygen atoms in total. The number of hydrogen-bond acceptors (Lipinski definition) is 6. The quantitative estimate of drug-likeness (QED) is 0.298. The van der Waals surface area contributed by atoms with E-state index in [1.54, 1.807) is 31.0 Å². The predicted octanol–water partition coefficient (Wildman–Crippen LogP) is 5.36. The molecule has 0 saturated heterocycles. The molecule has 3 N–H and O–H groups in total. The molecule has 6 rings (SSSR count). The van der Waals surface area contributed by atoms with Gasteiger partial charge in [0.2, 0.25) is 5.91 Å². The molecule has 176 valence electrons. The van der Waals surface area contributed by atoms with Crippen LogP contribution in [0.4, 0.5) is 5.69 Å². The Balaban J connectivity index is 1.40. The lowest BCUT2D eigenvalue weighted by atomic mass is 10.1. The molecule has 0 unspecified atom stereocenters. The van der Waals surface area contributed by atoms with Gasteiger partial charge in [-0.1, -0.05) is 6.92 Å². The molecule has 1 amide bonds. The van der Waals surface area contributed by atoms with Crippen LogP contribution >= 0.6 is 0 Å². The van der Waals surface area contributed by atoms with E-state index in [1.807, 2.05) is 43.5 Å². The Kier molecular flexibility index (Phi) is 5.42. The van der Waals surface area contributed by atoms with Crippen LogP contribution in [0.15, 0.2) is 73.6 Å². The minimum atomic E-state index is -0.0268. The lowest BCUT2D eigenvalue weighted by Crippen LogP contribution is -2.10. The number of rotatable bonds is 6. The maximum atomic E-state index is 12.0. The molecule has 6 aromatic heterocycles. The maximum absolute atomic E-state index is 12.0. The SMILES string of the molecule is CCCC(=O)Nc1cncc(-c2cnc3n[nH]c(-c4cc5c(-c6cccnc6)nccc5[nH]4)c3c2)c1. The Bertz CT molecular complexity index is 1700. The van der Waals surface area contributed by atoms with Crippen molar-refractivity contribution in [2.24, 2.45) is 0 Å². The fourth-order valence-corrected chi connectivity index (χ4v) is 4.30. The van der Waals surface area contributed by atoms with Crippen molar-refractivity contribution in [2.45, 2.75) is 19.8 Å². The van der Waals surface area contributed by atoms with E-state index in [2.05, 4.69) is 46.5 Å². The first kappa shape index (κ1) is 21.6. The number of hydrogen-bond donors (Lipinski definition) is 3. The third kappa shape index (κ3) is 3.96. The molecule has 36 heavy (non-hydrogen) atoms. The topological polar surface area (TPSA) is 125 Å². The summed E-state index contributed by atoms with van der Waals surface area (Å²) in [6.45, 7) is 1.97. The Morgan fingerprint density at radius 2 is 1.81 bits per heavy atom. The van der Waals surface area contributed by atoms with Crippen molar-refractivity contribution in [1.29, 1.82) is 0 Å². The average Bonchev–Trinajstić information content (AvgIpc) is 3.53. The van der Waals surface area contributed by atoms with Crippen LogP contribution < -0.4 is 5.32 Å². The van der Waals surface area contributed by atoms with Gasteiger partial charge in [-0.05, 0) is 42.8 Å². The monoisotopic (exact) mass is 474 g/mol. The molecular formula is C27H22N8O. The lowest BCUT2D eigenvalue weighted by molar-refractivity contribution is -0.116. The van der Waals surface area contributed by atoms with E-state index >= 15 is 0 Å². The van der Waals surface area contributed by atoms with Gasteiger partial charge in [-0.25, -0.2) is 4.98 Å². The van der Waals surface area contributed by atoms with Crippen molar-refractivity contribution in [2.75, 3.05) is 5.32 Å². The lowest BCUT2D eigenvalue weighted by Gasteiger charge is -2.07. The Labute approximate surface area is 206 Å². The summed E-state index contributed by atoms with van der Waals surface area (Å²) in [7, 11) is 0. The molecule has 0 spiro atoms. The highest BCUT2D eigenvalue weighted by Crippen LogP contribution is 2.33. The highest BCUT2D eigenvalue weighted by atomic mass is 16.1. The van der Waals surface area contributed by atoms with Crippen molar-refractivity contribution in [3.63, 3.8) is 0 Å². The number of aromatic nitrogens is 7. The summed E-state index contributed by atoms with van der Waals surface area (Å²) in [4.78, 5) is 33.2. The second-order valence-electron chi connectivity index (χ2n) is 8.50. The summed E-state index contributed by atoms with van der Waals surface area (Å²) in [5.41, 5.74) is 7.47. The number of nitrogens with zero attached hydrogens (tertiary/aromatic N) is 5. The molecule has 0 bridgehead atoms. The van der Waals surface area contributed by atoms with Crippen LogP contribution in [0.25, 0.3) is 55.7 Å². The van der Waals surface area contributed by atoms with E-state index in [9.17, 15) is 4.79 Å². The molecule has 0 aromatic carbocycles. The van der Waals surface area contributed by atoms with E-state index in [0.717, 1.165) is 56.5 Å². The van der Waals surface area contributed by atoms with Gasteiger partial charge in [0.05, 0.1) is 29.0 Å². The summed E-state index contributed by atoms with van der Waals surface area (Å²) >= 11 is 0. The van der Waals surface area contributed by atoms with Gasteiger partial charge >= 0.3 is 0 Å². The van der Waals surface area contributed by atoms with Crippen LogP contribution in [0, 0.1) is 0 Å². The Morgan fingerprint density at radius 1 is 0.917 bits per heavy atom. The number of pyridine rings is 4. The van der Waals surface area contributed by atoms with Crippen molar-refractivity contribution >= 4 is 33.5 Å². The molecule has 0 aliphatic rings. The van der Waals surface area contributed by atoms with Crippen molar-refractivity contribution < 1.29 is 4.79 Å². The molecule has 6 aromatic rings. The summed E-state index contributed by atoms with van der Waals surface area (Å²) in [5.74, 6) is -0.0268. The largest absolute Gasteiger partial charge is 0.353 e. The van der Waals surface area contributed by atoms with Crippen LogP contribution in [-0.4, -0.2) is 41.0 Å². The van der Waals surface area contributed by atoms with Crippen molar-refractivity contribution in [1.82, 2.24) is 35.1 Å². The number of H-pyrrole nitrogens is 2. The van der Waals surface area contributed by atoms with Gasteiger partial charge in [-0.15, -0.1) is 0 Å². The Morgan fingerprint density at radius 3 is 2.67 bits per heavy atom. The molecule has 0 radical (unpaired) electrons. The predicted molar refractivity (Wildman–Crippen MR) is 139 cm³/mol. The number of carbonyl (C=O) groups excluding carboxylic acids is 1. The van der Waals surface area contributed by atoms with E-state index in [0.29, 0.717) is 17.8 Å². The summed E-state index contributed by atoms with van der Waals surface area (Å²) in [6.07, 6.45) is 11.8. The van der Waals surface area contributed by atoms with E-state index in [4.69, 9.17) is 0 Å². The van der Waals surface area contributed by atoms with Crippen LogP contribution in [-0.2, 0) is 4.79 Å². The van der Waals surface area contributed by atoms with Gasteiger partial charge in [-0.3, -0.25) is 24.8 Å². The zero-order chi connectivity index (χ0) is 24.5. The van der Waals surface area contributed by atoms with Crippen molar-refractivity contribution in [3.05, 3.63) is 73.6 Å². The van der Waals surface area contributed by atoms with Crippen molar-refractivity contribution in [3.8, 4) is 33.8 Å². The number of carbonyl (C=O) groups is 1. The first-order valence-electron chi connectivity index (χ1n) is 11.7. The summed E-state index contributed by atoms with van der Waals surface area (Å²) < 4.78 is 0. The van der Waals surface area contributed by atoms with Gasteiger partial charge in [0.25, 0.3) is 0 Å². The first-order chi connectivity index (χ1) is 17.7. The molecule has 6 heterocycles. The van der Waals surface area contributed by atoms with E-state index in [-0.39, 0.29) is 5.91 Å². The number of aromatic amines is 2. The van der Waals surface area contributed by atoms with Gasteiger partial charge in [-0.2, -0.15) is 5.10 Å². The van der Waals surface area contributed by atoms with Gasteiger partial charge < -0.3 is 10.3 Å². The minimum Gasteiger partial charge on any atom is -0.353 e. The second-order valence-corrected chi connectivity index (χ2v) is 8.50. The summed E-state index contributed by atoms with van der Waals surface area (Å²) in [5, 5.41) is 12.3. The smallest absolute Gasteiger partial charge is 0.224 e. The number of nitrogens with one attached hydrogen (secondary N) is 3. The van der Waals surface area contributed by atoms with Crippen LogP contribution in [0.5, 0.6) is 0 Å². The molecule has 0 fully saturated rings. The number of amides is 1. The fraction of sp³-hybridized carbons (Fsp3) is 0.111. The van der Waals surface area contributed by atoms with Gasteiger partial charge in [0, 0.05) is 70.4 Å². The highest BCUT2D eigenvalue weighted by molar-refractivity contribution is 6.00. The number of anilines is 1. The molecule has 0 aliphatic carbocycles. The highest BCUT2D eigenvalue weighted by Gasteiger charge is 2.15. The zero-order valence-corrected chi connectivity index (χ0v) is 19.5. The standard InChI is InChI=1S/C27H22N8O/c1-2-4-24(36)32-19-9-17(13-29-15-19)18-10-21-26(34-35-27(21)31-14-18)23-11-20-22(33-23)6-8-30-25(20)16-5-3-7-28-12-16/h3,5-15,33H,2,4H2,1H3,(H,32,36)(H,31,34,35). The molecule has 0 aliphatic heterocycles. The Hall–Kier alpha value is -4.92. The molecule has 0 atom stereocenters. The third-order valence-corrected chi connectivity index (χ3v) is 5.99. The number of fused-ring (bicyclic) bond motifs is 2. The minimum absolute atomic E-state index is 0.0268. The van der Waals surface area contributed by atoms with Crippen LogP contribution in [0.1, 0.15) is 19.8 Å². The third-order valence-electron chi connectivity index (χ3n) is 5.99. The van der Waals surface area contributed by atoms with Gasteiger partial charge in [0.15, 0.2) is 5.65 Å². The summed E-state index contributed by atoms with van der Waals surface area (Å²) in [6, 6.07) is 11.8.